The van der Waals surface area contributed by atoms with Gasteiger partial charge in [0.1, 0.15) is 6.04 Å². The fourth-order valence-electron chi connectivity index (χ4n) is 3.92. The summed E-state index contributed by atoms with van der Waals surface area (Å²) in [7, 11) is 2.91. The Morgan fingerprint density at radius 2 is 1.56 bits per heavy atom. The topological polar surface area (TPSA) is 105 Å². The Morgan fingerprint density at radius 1 is 0.889 bits per heavy atom. The summed E-state index contributed by atoms with van der Waals surface area (Å²) in [5.41, 5.74) is 4.33. The number of carbonyl (C=O) groups excluding carboxylic acids is 4. The third kappa shape index (κ3) is 4.76. The average Bonchev–Trinajstić information content (AvgIpc) is 3.20. The molecule has 9 heteroatoms. The summed E-state index contributed by atoms with van der Waals surface area (Å²) in [6, 6.07) is 18.4. The van der Waals surface area contributed by atoms with Crippen LogP contribution in [0.3, 0.4) is 0 Å². The van der Waals surface area contributed by atoms with Crippen LogP contribution in [0.2, 0.25) is 0 Å². The summed E-state index contributed by atoms with van der Waals surface area (Å²) < 4.78 is 10.5. The first-order valence-corrected chi connectivity index (χ1v) is 11.2. The second-order valence-corrected chi connectivity index (χ2v) is 8.17. The minimum atomic E-state index is -1.23. The maximum absolute atomic E-state index is 13.4. The Labute approximate surface area is 208 Å². The smallest absolute Gasteiger partial charge is 0.273 e. The number of anilines is 1. The van der Waals surface area contributed by atoms with Crippen LogP contribution >= 0.6 is 0 Å². The first-order valence-electron chi connectivity index (χ1n) is 11.2. The van der Waals surface area contributed by atoms with E-state index in [1.54, 1.807) is 60.7 Å². The van der Waals surface area contributed by atoms with Gasteiger partial charge in [0.2, 0.25) is 5.91 Å². The monoisotopic (exact) mass is 487 g/mol. The lowest BCUT2D eigenvalue weighted by atomic mass is 10.1. The fraction of sp³-hybridized carbons (Fsp3) is 0.185. The molecular formula is C27H25N3O6. The number of methoxy groups -OCH3 is 2. The van der Waals surface area contributed by atoms with E-state index in [0.29, 0.717) is 17.2 Å². The van der Waals surface area contributed by atoms with Gasteiger partial charge in [-0.3, -0.25) is 24.6 Å². The predicted molar refractivity (Wildman–Crippen MR) is 132 cm³/mol. The minimum absolute atomic E-state index is 0.172. The molecule has 184 valence electrons. The molecule has 1 aliphatic heterocycles. The van der Waals surface area contributed by atoms with Gasteiger partial charge in [-0.05, 0) is 49.4 Å². The molecule has 1 aliphatic rings. The Balaban J connectivity index is 1.67. The number of nitrogens with zero attached hydrogens (tertiary/aromatic N) is 2. The van der Waals surface area contributed by atoms with Gasteiger partial charge in [0.25, 0.3) is 17.7 Å². The highest BCUT2D eigenvalue weighted by atomic mass is 16.5. The summed E-state index contributed by atoms with van der Waals surface area (Å²) in [6.07, 6.45) is -0.280. The van der Waals surface area contributed by atoms with Gasteiger partial charge >= 0.3 is 0 Å². The number of aryl methyl sites for hydroxylation is 1. The molecule has 4 amide bonds. The van der Waals surface area contributed by atoms with Gasteiger partial charge < -0.3 is 9.47 Å². The average molecular weight is 488 g/mol. The van der Waals surface area contributed by atoms with Crippen LogP contribution in [0.15, 0.2) is 72.8 Å². The summed E-state index contributed by atoms with van der Waals surface area (Å²) in [4.78, 5) is 53.9. The number of ether oxygens (including phenoxy) is 2. The number of carbonyl (C=O) groups is 4. The van der Waals surface area contributed by atoms with E-state index in [-0.39, 0.29) is 17.5 Å². The predicted octanol–water partition coefficient (Wildman–Crippen LogP) is 3.13. The van der Waals surface area contributed by atoms with Crippen LogP contribution < -0.4 is 19.8 Å². The van der Waals surface area contributed by atoms with Crippen molar-refractivity contribution in [2.75, 3.05) is 19.1 Å². The molecule has 4 rings (SSSR count). The molecule has 1 fully saturated rings. The van der Waals surface area contributed by atoms with Crippen molar-refractivity contribution in [1.82, 2.24) is 10.4 Å². The molecular weight excluding hydrogens is 462 g/mol. The molecule has 3 aromatic rings. The number of hydrazine groups is 1. The minimum Gasteiger partial charge on any atom is -0.493 e. The lowest BCUT2D eigenvalue weighted by Crippen LogP contribution is -2.54. The maximum Gasteiger partial charge on any atom is 0.273 e. The number of benzene rings is 3. The molecule has 36 heavy (non-hydrogen) atoms. The molecule has 0 aromatic heterocycles. The molecule has 1 saturated heterocycles. The van der Waals surface area contributed by atoms with E-state index in [1.807, 2.05) is 6.92 Å². The van der Waals surface area contributed by atoms with Crippen LogP contribution in [0, 0.1) is 6.92 Å². The van der Waals surface area contributed by atoms with Crippen molar-refractivity contribution in [1.29, 1.82) is 0 Å². The van der Waals surface area contributed by atoms with Gasteiger partial charge in [-0.2, -0.15) is 0 Å². The first-order chi connectivity index (χ1) is 17.3. The number of amides is 4. The highest BCUT2D eigenvalue weighted by Crippen LogP contribution is 2.29. The van der Waals surface area contributed by atoms with E-state index >= 15 is 0 Å². The summed E-state index contributed by atoms with van der Waals surface area (Å²) in [5, 5.41) is 0.933. The lowest BCUT2D eigenvalue weighted by molar-refractivity contribution is -0.122. The van der Waals surface area contributed by atoms with Crippen molar-refractivity contribution in [2.45, 2.75) is 19.4 Å². The van der Waals surface area contributed by atoms with E-state index in [1.165, 1.54) is 26.4 Å². The number of nitrogens with one attached hydrogen (secondary N) is 1. The quantitative estimate of drug-likeness (QED) is 0.423. The number of hydrogen-bond donors (Lipinski definition) is 1. The van der Waals surface area contributed by atoms with Crippen molar-refractivity contribution in [3.63, 3.8) is 0 Å². The van der Waals surface area contributed by atoms with Crippen LogP contribution in [0.5, 0.6) is 11.5 Å². The summed E-state index contributed by atoms with van der Waals surface area (Å²) in [5.74, 6) is -1.61. The van der Waals surface area contributed by atoms with Gasteiger partial charge in [-0.1, -0.05) is 35.9 Å². The standard InChI is InChI=1S/C27H25N3O6/c1-17-9-12-20(13-10-17)29-24(31)16-21(27(29)34)30(26(33)18-7-5-4-6-8-18)28-25(32)19-11-14-22(35-2)23(15-19)36-3/h4-15,21H,16H2,1-3H3,(H,28,32). The van der Waals surface area contributed by atoms with Crippen LogP contribution in [0.4, 0.5) is 5.69 Å². The molecule has 0 radical (unpaired) electrons. The largest absolute Gasteiger partial charge is 0.493 e. The maximum atomic E-state index is 13.4. The van der Waals surface area contributed by atoms with Crippen molar-refractivity contribution < 1.29 is 28.7 Å². The molecule has 9 nitrogen and oxygen atoms in total. The number of rotatable bonds is 6. The second kappa shape index (κ2) is 10.3. The Kier molecular flexibility index (Phi) is 7.00. The van der Waals surface area contributed by atoms with Crippen LogP contribution in [-0.2, 0) is 9.59 Å². The highest BCUT2D eigenvalue weighted by Gasteiger charge is 2.45. The van der Waals surface area contributed by atoms with Crippen LogP contribution in [-0.4, -0.2) is 48.9 Å². The second-order valence-electron chi connectivity index (χ2n) is 8.17. The third-order valence-corrected chi connectivity index (χ3v) is 5.83. The van der Waals surface area contributed by atoms with Crippen molar-refractivity contribution in [2.24, 2.45) is 0 Å². The fourth-order valence-corrected chi connectivity index (χ4v) is 3.92. The van der Waals surface area contributed by atoms with E-state index in [9.17, 15) is 19.2 Å². The van der Waals surface area contributed by atoms with E-state index < -0.39 is 29.7 Å². The Morgan fingerprint density at radius 3 is 2.19 bits per heavy atom. The van der Waals surface area contributed by atoms with Crippen LogP contribution in [0.1, 0.15) is 32.7 Å². The summed E-state index contributed by atoms with van der Waals surface area (Å²) >= 11 is 0. The van der Waals surface area contributed by atoms with E-state index in [4.69, 9.17) is 9.47 Å². The van der Waals surface area contributed by atoms with Crippen molar-refractivity contribution in [3.8, 4) is 11.5 Å². The lowest BCUT2D eigenvalue weighted by Gasteiger charge is -2.28. The van der Waals surface area contributed by atoms with E-state index in [0.717, 1.165) is 15.5 Å². The number of hydrogen-bond acceptors (Lipinski definition) is 6. The molecule has 1 heterocycles. The van der Waals surface area contributed by atoms with Gasteiger partial charge in [0.15, 0.2) is 11.5 Å². The third-order valence-electron chi connectivity index (χ3n) is 5.83. The zero-order chi connectivity index (χ0) is 25.8. The zero-order valence-corrected chi connectivity index (χ0v) is 20.1. The van der Waals surface area contributed by atoms with Gasteiger partial charge in [-0.25, -0.2) is 9.91 Å². The molecule has 0 bridgehead atoms. The zero-order valence-electron chi connectivity index (χ0n) is 20.1. The van der Waals surface area contributed by atoms with Gasteiger partial charge in [0.05, 0.1) is 26.3 Å². The van der Waals surface area contributed by atoms with Crippen LogP contribution in [0.25, 0.3) is 0 Å². The molecule has 0 aliphatic carbocycles. The Bertz CT molecular complexity index is 1310. The molecule has 1 N–H and O–H groups in total. The van der Waals surface area contributed by atoms with Gasteiger partial charge in [-0.15, -0.1) is 0 Å². The van der Waals surface area contributed by atoms with E-state index in [2.05, 4.69) is 5.43 Å². The molecule has 0 spiro atoms. The van der Waals surface area contributed by atoms with Gasteiger partial charge in [0, 0.05) is 11.1 Å². The molecule has 1 unspecified atom stereocenters. The summed E-state index contributed by atoms with van der Waals surface area (Å²) in [6.45, 7) is 1.89. The SMILES string of the molecule is COc1ccc(C(=O)NN(C(=O)c2ccccc2)C2CC(=O)N(c3ccc(C)cc3)C2=O)cc1OC. The van der Waals surface area contributed by atoms with Crippen molar-refractivity contribution in [3.05, 3.63) is 89.5 Å². The molecule has 3 aromatic carbocycles. The number of imide groups is 1. The van der Waals surface area contributed by atoms with Crippen molar-refractivity contribution >= 4 is 29.3 Å². The highest BCUT2D eigenvalue weighted by molar-refractivity contribution is 6.23. The Hall–Kier alpha value is -4.66. The first kappa shape index (κ1) is 24.5. The normalized spacial score (nSPS) is 15.0. The molecule has 1 atom stereocenters. The molecule has 0 saturated carbocycles.